The van der Waals surface area contributed by atoms with Gasteiger partial charge >= 0.3 is 0 Å². The Labute approximate surface area is 123 Å². The van der Waals surface area contributed by atoms with Gasteiger partial charge in [0.1, 0.15) is 5.82 Å². The van der Waals surface area contributed by atoms with Crippen molar-refractivity contribution in [3.05, 3.63) is 71.0 Å². The fraction of sp³-hybridized carbons (Fsp3) is 0.176. The number of benzene rings is 2. The minimum atomic E-state index is -0.286. The number of nitrogens with one attached hydrogen (secondary N) is 1. The highest BCUT2D eigenvalue weighted by Gasteiger charge is 2.03. The number of nitriles is 1. The molecule has 0 aliphatic rings. The van der Waals surface area contributed by atoms with Crippen LogP contribution in [0.5, 0.6) is 0 Å². The summed E-state index contributed by atoms with van der Waals surface area (Å²) in [6, 6.07) is 15.3. The second-order valence-corrected chi connectivity index (χ2v) is 4.71. The number of hydrogen-bond donors (Lipinski definition) is 1. The molecule has 0 aliphatic heterocycles. The first-order valence-corrected chi connectivity index (χ1v) is 6.67. The molecular weight excluding hydrogens is 267 g/mol. The first-order chi connectivity index (χ1) is 10.2. The average molecular weight is 282 g/mol. The van der Waals surface area contributed by atoms with Gasteiger partial charge in [0.15, 0.2) is 0 Å². The third kappa shape index (κ3) is 4.73. The SMILES string of the molecule is N#Cc1ccc(CCC(=O)NCc2ccc(F)cc2)cc1. The van der Waals surface area contributed by atoms with Crippen LogP contribution in [-0.2, 0) is 17.8 Å². The van der Waals surface area contributed by atoms with E-state index in [9.17, 15) is 9.18 Å². The van der Waals surface area contributed by atoms with Gasteiger partial charge in [-0.25, -0.2) is 4.39 Å². The van der Waals surface area contributed by atoms with Crippen molar-refractivity contribution in [2.24, 2.45) is 0 Å². The number of aryl methyl sites for hydroxylation is 1. The molecule has 0 heterocycles. The van der Waals surface area contributed by atoms with E-state index < -0.39 is 0 Å². The van der Waals surface area contributed by atoms with Gasteiger partial charge in [0, 0.05) is 13.0 Å². The number of hydrogen-bond acceptors (Lipinski definition) is 2. The summed E-state index contributed by atoms with van der Waals surface area (Å²) in [5, 5.41) is 11.5. The summed E-state index contributed by atoms with van der Waals surface area (Å²) >= 11 is 0. The smallest absolute Gasteiger partial charge is 0.220 e. The molecule has 0 fully saturated rings. The zero-order chi connectivity index (χ0) is 15.1. The summed E-state index contributed by atoms with van der Waals surface area (Å²) in [5.41, 5.74) is 2.49. The van der Waals surface area contributed by atoms with Gasteiger partial charge in [-0.05, 0) is 41.8 Å². The monoisotopic (exact) mass is 282 g/mol. The van der Waals surface area contributed by atoms with Gasteiger partial charge in [0.2, 0.25) is 5.91 Å². The second kappa shape index (κ2) is 7.20. The van der Waals surface area contributed by atoms with Crippen molar-refractivity contribution in [1.29, 1.82) is 5.26 Å². The third-order valence-corrected chi connectivity index (χ3v) is 3.13. The zero-order valence-corrected chi connectivity index (χ0v) is 11.5. The molecule has 0 bridgehead atoms. The maximum atomic E-state index is 12.7. The first-order valence-electron chi connectivity index (χ1n) is 6.67. The van der Waals surface area contributed by atoms with Gasteiger partial charge in [0.25, 0.3) is 0 Å². The van der Waals surface area contributed by atoms with Crippen LogP contribution < -0.4 is 5.32 Å². The normalized spacial score (nSPS) is 9.90. The number of halogens is 1. The Morgan fingerprint density at radius 3 is 2.29 bits per heavy atom. The summed E-state index contributed by atoms with van der Waals surface area (Å²) in [6.07, 6.45) is 1.01. The number of nitrogens with zero attached hydrogens (tertiary/aromatic N) is 1. The molecule has 0 spiro atoms. The van der Waals surface area contributed by atoms with Gasteiger partial charge in [-0.1, -0.05) is 24.3 Å². The summed E-state index contributed by atoms with van der Waals surface area (Å²) in [5.74, 6) is -0.338. The van der Waals surface area contributed by atoms with E-state index >= 15 is 0 Å². The van der Waals surface area contributed by atoms with E-state index in [1.165, 1.54) is 12.1 Å². The molecule has 1 N–H and O–H groups in total. The minimum absolute atomic E-state index is 0.0521. The first kappa shape index (κ1) is 14.7. The Hall–Kier alpha value is -2.67. The largest absolute Gasteiger partial charge is 0.352 e. The highest BCUT2D eigenvalue weighted by molar-refractivity contribution is 5.76. The average Bonchev–Trinajstić information content (AvgIpc) is 2.53. The zero-order valence-electron chi connectivity index (χ0n) is 11.5. The van der Waals surface area contributed by atoms with Gasteiger partial charge in [-0.3, -0.25) is 4.79 Å². The predicted molar refractivity (Wildman–Crippen MR) is 77.7 cm³/mol. The molecule has 0 unspecified atom stereocenters. The third-order valence-electron chi connectivity index (χ3n) is 3.13. The van der Waals surface area contributed by atoms with Crippen molar-refractivity contribution in [2.75, 3.05) is 0 Å². The standard InChI is InChI=1S/C17H15FN2O/c18-16-8-5-15(6-9-16)12-20-17(21)10-7-13-1-3-14(11-19)4-2-13/h1-6,8-9H,7,10,12H2,(H,20,21). The lowest BCUT2D eigenvalue weighted by atomic mass is 10.1. The van der Waals surface area contributed by atoms with Crippen LogP contribution in [0.25, 0.3) is 0 Å². The van der Waals surface area contributed by atoms with Crippen LogP contribution in [-0.4, -0.2) is 5.91 Å². The molecule has 0 saturated carbocycles. The Balaban J connectivity index is 1.76. The van der Waals surface area contributed by atoms with E-state index in [2.05, 4.69) is 11.4 Å². The molecule has 2 aromatic carbocycles. The fourth-order valence-corrected chi connectivity index (χ4v) is 1.90. The van der Waals surface area contributed by atoms with Gasteiger partial charge in [-0.15, -0.1) is 0 Å². The summed E-state index contributed by atoms with van der Waals surface area (Å²) in [6.45, 7) is 0.395. The van der Waals surface area contributed by atoms with E-state index in [0.29, 0.717) is 24.9 Å². The molecule has 2 rings (SSSR count). The number of rotatable bonds is 5. The predicted octanol–water partition coefficient (Wildman–Crippen LogP) is 2.95. The van der Waals surface area contributed by atoms with E-state index in [1.807, 2.05) is 12.1 Å². The lowest BCUT2D eigenvalue weighted by Gasteiger charge is -2.05. The maximum absolute atomic E-state index is 12.7. The molecule has 2 aromatic rings. The number of carbonyl (C=O) groups excluding carboxylic acids is 1. The van der Waals surface area contributed by atoms with Crippen molar-refractivity contribution in [2.45, 2.75) is 19.4 Å². The van der Waals surface area contributed by atoms with Crippen molar-refractivity contribution in [3.63, 3.8) is 0 Å². The van der Waals surface area contributed by atoms with E-state index in [4.69, 9.17) is 5.26 Å². The van der Waals surface area contributed by atoms with Crippen molar-refractivity contribution in [3.8, 4) is 6.07 Å². The van der Waals surface area contributed by atoms with E-state index in [1.54, 1.807) is 24.3 Å². The quantitative estimate of drug-likeness (QED) is 0.916. The molecule has 0 aliphatic carbocycles. The molecule has 0 saturated heterocycles. The minimum Gasteiger partial charge on any atom is -0.352 e. The molecule has 3 nitrogen and oxygen atoms in total. The molecule has 0 radical (unpaired) electrons. The summed E-state index contributed by atoms with van der Waals surface area (Å²) in [7, 11) is 0. The Morgan fingerprint density at radius 2 is 1.67 bits per heavy atom. The highest BCUT2D eigenvalue weighted by Crippen LogP contribution is 2.06. The molecule has 21 heavy (non-hydrogen) atoms. The topological polar surface area (TPSA) is 52.9 Å². The van der Waals surface area contributed by atoms with Crippen molar-refractivity contribution < 1.29 is 9.18 Å². The Morgan fingerprint density at radius 1 is 1.05 bits per heavy atom. The molecule has 0 aromatic heterocycles. The summed E-state index contributed by atoms with van der Waals surface area (Å²) < 4.78 is 12.7. The summed E-state index contributed by atoms with van der Waals surface area (Å²) in [4.78, 5) is 11.7. The van der Waals surface area contributed by atoms with Crippen LogP contribution in [0.2, 0.25) is 0 Å². The van der Waals surface area contributed by atoms with Gasteiger partial charge in [-0.2, -0.15) is 5.26 Å². The van der Waals surface area contributed by atoms with Crippen molar-refractivity contribution in [1.82, 2.24) is 5.32 Å². The lowest BCUT2D eigenvalue weighted by molar-refractivity contribution is -0.121. The van der Waals surface area contributed by atoms with Crippen LogP contribution >= 0.6 is 0 Å². The molecular formula is C17H15FN2O. The number of amides is 1. The maximum Gasteiger partial charge on any atom is 0.220 e. The molecule has 106 valence electrons. The molecule has 0 atom stereocenters. The van der Waals surface area contributed by atoms with Crippen LogP contribution in [0.15, 0.2) is 48.5 Å². The van der Waals surface area contributed by atoms with Crippen LogP contribution in [0, 0.1) is 17.1 Å². The second-order valence-electron chi connectivity index (χ2n) is 4.71. The van der Waals surface area contributed by atoms with Crippen molar-refractivity contribution >= 4 is 5.91 Å². The Bertz CT molecular complexity index is 642. The van der Waals surface area contributed by atoms with Crippen LogP contribution in [0.4, 0.5) is 4.39 Å². The van der Waals surface area contributed by atoms with Crippen LogP contribution in [0.1, 0.15) is 23.1 Å². The van der Waals surface area contributed by atoms with E-state index in [-0.39, 0.29) is 11.7 Å². The van der Waals surface area contributed by atoms with Crippen LogP contribution in [0.3, 0.4) is 0 Å². The highest BCUT2D eigenvalue weighted by atomic mass is 19.1. The van der Waals surface area contributed by atoms with E-state index in [0.717, 1.165) is 11.1 Å². The Kier molecular flexibility index (Phi) is 5.05. The number of carbonyl (C=O) groups is 1. The molecule has 4 heteroatoms. The van der Waals surface area contributed by atoms with Gasteiger partial charge < -0.3 is 5.32 Å². The fourth-order valence-electron chi connectivity index (χ4n) is 1.90. The molecule has 1 amide bonds. The lowest BCUT2D eigenvalue weighted by Crippen LogP contribution is -2.22. The van der Waals surface area contributed by atoms with Gasteiger partial charge in [0.05, 0.1) is 11.6 Å².